The minimum absolute atomic E-state index is 0.0303. The number of aromatic carboxylic acids is 1. The van der Waals surface area contributed by atoms with Crippen molar-refractivity contribution in [3.8, 4) is 11.1 Å². The summed E-state index contributed by atoms with van der Waals surface area (Å²) in [5.41, 5.74) is 16.6. The number of hydrogen-bond donors (Lipinski definition) is 7. The number of alkyl halides is 1. The summed E-state index contributed by atoms with van der Waals surface area (Å²) in [5, 5.41) is 38.7. The molecule has 0 bridgehead atoms. The van der Waals surface area contributed by atoms with E-state index in [0.29, 0.717) is 82.4 Å². The van der Waals surface area contributed by atoms with E-state index in [2.05, 4.69) is 128 Å². The molecule has 9 aromatic rings. The summed E-state index contributed by atoms with van der Waals surface area (Å²) in [6.45, 7) is 13.3. The zero-order chi connectivity index (χ0) is 86.5. The Kier molecular flexibility index (Phi) is 36.2. The van der Waals surface area contributed by atoms with Crippen LogP contribution in [-0.2, 0) is 79.4 Å². The lowest BCUT2D eigenvalue weighted by Crippen LogP contribution is -2.36. The number of esters is 4. The Hall–Kier alpha value is -11.2. The predicted octanol–water partition coefficient (Wildman–Crippen LogP) is 16.3. The van der Waals surface area contributed by atoms with E-state index in [-0.39, 0.29) is 73.5 Å². The number of alkyl carbamates (subject to hydrolysis) is 1. The van der Waals surface area contributed by atoms with E-state index in [1.54, 1.807) is 81.4 Å². The van der Waals surface area contributed by atoms with Crippen molar-refractivity contribution in [2.45, 2.75) is 111 Å². The molecule has 620 valence electrons. The summed E-state index contributed by atoms with van der Waals surface area (Å²) in [4.78, 5) is 128. The summed E-state index contributed by atoms with van der Waals surface area (Å²) in [7, 11) is 5.37. The average molecular weight is 1870 g/mol. The number of halogens is 4. The normalized spacial score (nSPS) is 12.0. The average Bonchev–Trinajstić information content (AvgIpc) is 1.60. The number of rotatable bonds is 17. The maximum atomic E-state index is 12.4. The molecule has 0 radical (unpaired) electrons. The molecule has 0 fully saturated rings. The van der Waals surface area contributed by atoms with E-state index in [0.717, 1.165) is 81.2 Å². The van der Waals surface area contributed by atoms with E-state index in [9.17, 15) is 57.8 Å². The van der Waals surface area contributed by atoms with Gasteiger partial charge in [-0.25, -0.2) is 38.5 Å². The van der Waals surface area contributed by atoms with E-state index in [1.165, 1.54) is 68.9 Å². The lowest BCUT2D eigenvalue weighted by atomic mass is 9.98. The number of carbonyl (C=O) groups excluding carboxylic acids is 10. The van der Waals surface area contributed by atoms with Gasteiger partial charge < -0.3 is 65.0 Å². The number of benzene rings is 9. The molecule has 4 aliphatic rings. The zero-order valence-electron chi connectivity index (χ0n) is 66.5. The standard InChI is InChI=1S/C28H30N2O4.C15H17NO5.C10H9NO3.C10H12O3.C9H8Br2O2.C9H9BrO2.C8H6BrNO/c1-2-19-16-20(12-13-21(19)17-31)27(32)29-14-7-15-30-28(33)34-18-26-24-10-5-3-8-22(24)23-9-4-6-11-25(23)26;1-15(2,3)21-14(19)16-8-10-7-9(13(18)20-4)5-6-11(10)12(16)17;1-14-10(13)6-2-3-8-7(4-6)5-11-9(8)12;1-2-7-5-8(10(12)13)3-4-9(7)6-11;1-13-9(12)8-3-2-7(11)4-6(8)5-10;1-6-5-7(10)3-4-8(6)9(11)12-2;9-6-1-2-7-5(3-6)4-10-8(7)11/h3-6,8-13,16,26,31H,2,7,14-15,17-18H2,1H3,(H,29,32)(H,30,33);5-7H,8H2,1-4H3;2-4H,5H2,1H3,(H,11,12);3-5,11H,2,6H2,1H3,(H,12,13);2-4H,5H2,1H3;3-5H,1-2H3;1-3H,4H2,(H,10,11). The lowest BCUT2D eigenvalue weighted by Gasteiger charge is -2.23. The van der Waals surface area contributed by atoms with Gasteiger partial charge in [-0.1, -0.05) is 138 Å². The number of fused-ring (bicyclic) bond motifs is 6. The molecule has 3 aliphatic heterocycles. The maximum absolute atomic E-state index is 12.4. The summed E-state index contributed by atoms with van der Waals surface area (Å²) in [6.07, 6.45) is 0.923. The van der Waals surface area contributed by atoms with Gasteiger partial charge in [-0.05, 0) is 235 Å². The van der Waals surface area contributed by atoms with Crippen molar-refractivity contribution in [1.29, 1.82) is 0 Å². The Labute approximate surface area is 717 Å². The quantitative estimate of drug-likeness (QED) is 0.0193. The van der Waals surface area contributed by atoms with E-state index >= 15 is 0 Å². The zero-order valence-corrected chi connectivity index (χ0v) is 72.9. The number of amides is 6. The number of aliphatic hydroxyl groups is 2. The molecule has 29 heteroatoms. The molecule has 9 aromatic carbocycles. The molecule has 118 heavy (non-hydrogen) atoms. The van der Waals surface area contributed by atoms with Crippen LogP contribution >= 0.6 is 63.7 Å². The van der Waals surface area contributed by atoms with E-state index in [1.807, 2.05) is 93.6 Å². The first kappa shape index (κ1) is 93.9. The minimum Gasteiger partial charge on any atom is -0.478 e. The third-order valence-electron chi connectivity index (χ3n) is 18.4. The van der Waals surface area contributed by atoms with Crippen LogP contribution in [0.25, 0.3) is 11.1 Å². The summed E-state index contributed by atoms with van der Waals surface area (Å²) >= 11 is 13.3. The van der Waals surface area contributed by atoms with Crippen LogP contribution in [0, 0.1) is 6.92 Å². The molecule has 0 saturated heterocycles. The number of nitrogens with one attached hydrogen (secondary N) is 4. The van der Waals surface area contributed by atoms with Crippen LogP contribution < -0.4 is 21.3 Å². The van der Waals surface area contributed by atoms with Gasteiger partial charge in [0.1, 0.15) is 12.2 Å². The van der Waals surface area contributed by atoms with Crippen molar-refractivity contribution in [3.63, 3.8) is 0 Å². The van der Waals surface area contributed by atoms with Crippen LogP contribution in [0.5, 0.6) is 0 Å². The number of methoxy groups -OCH3 is 4. The van der Waals surface area contributed by atoms with Crippen LogP contribution in [0.3, 0.4) is 0 Å². The Bertz CT molecular complexity index is 5140. The summed E-state index contributed by atoms with van der Waals surface area (Å²) in [6, 6.07) is 52.6. The van der Waals surface area contributed by atoms with Gasteiger partial charge in [-0.2, -0.15) is 0 Å². The van der Waals surface area contributed by atoms with Crippen LogP contribution in [0.4, 0.5) is 9.59 Å². The Balaban J connectivity index is 0.000000199. The highest BCUT2D eigenvalue weighted by molar-refractivity contribution is 9.11. The second-order valence-corrected chi connectivity index (χ2v) is 30.6. The number of aliphatic hydroxyl groups excluding tert-OH is 2. The Morgan fingerprint density at radius 2 is 0.958 bits per heavy atom. The topological polar surface area (TPSA) is 355 Å². The van der Waals surface area contributed by atoms with Gasteiger partial charge in [-0.3, -0.25) is 19.2 Å². The number of carboxylic acids is 1. The first-order chi connectivity index (χ1) is 56.4. The molecule has 1 aliphatic carbocycles. The molecule has 0 saturated carbocycles. The maximum Gasteiger partial charge on any atom is 0.417 e. The molecule has 0 atom stereocenters. The van der Waals surface area contributed by atoms with E-state index < -0.39 is 35.6 Å². The molecule has 0 unspecified atom stereocenters. The highest BCUT2D eigenvalue weighted by atomic mass is 79.9. The van der Waals surface area contributed by atoms with Crippen LogP contribution in [0.15, 0.2) is 189 Å². The number of imide groups is 1. The van der Waals surface area contributed by atoms with Crippen LogP contribution in [-0.4, -0.2) is 140 Å². The highest BCUT2D eigenvalue weighted by Crippen LogP contribution is 2.44. The van der Waals surface area contributed by atoms with Crippen molar-refractivity contribution in [3.05, 3.63) is 301 Å². The molecule has 3 heterocycles. The van der Waals surface area contributed by atoms with Crippen molar-refractivity contribution >= 4 is 129 Å². The number of ether oxygens (including phenoxy) is 6. The fourth-order valence-electron chi connectivity index (χ4n) is 12.4. The molecule has 0 aromatic heterocycles. The Morgan fingerprint density at radius 3 is 1.47 bits per heavy atom. The molecule has 6 amide bonds. The highest BCUT2D eigenvalue weighted by Gasteiger charge is 2.36. The number of hydrogen-bond acceptors (Lipinski definition) is 19. The SMILES string of the molecule is CCc1cc(C(=O)NCCCNC(=O)OCC2c3ccccc3-c3ccccc32)ccc1CO.CCc1cc(C(=O)O)ccc1CO.COC(=O)c1ccc(Br)cc1C.COC(=O)c1ccc(Br)cc1CBr.COC(=O)c1ccc2c(c1)CN(C(=O)OC(C)(C)C)C2=O.COC(=O)c1ccc2c(c1)CNC2=O.O=C1NCc2cc(Br)ccc21. The first-order valence-corrected chi connectivity index (χ1v) is 40.5. The van der Waals surface area contributed by atoms with Gasteiger partial charge in [-0.15, -0.1) is 0 Å². The number of carboxylic acid groups (broad SMARTS) is 1. The second kappa shape index (κ2) is 45.5. The molecule has 25 nitrogen and oxygen atoms in total. The van der Waals surface area contributed by atoms with E-state index in [4.69, 9.17) is 19.7 Å². The molecular formula is C89H91Br4N5O20. The first-order valence-electron chi connectivity index (χ1n) is 37.0. The monoisotopic (exact) mass is 1870 g/mol. The van der Waals surface area contributed by atoms with Crippen molar-refractivity contribution in [2.24, 2.45) is 0 Å². The third-order valence-corrected chi connectivity index (χ3v) is 20.5. The van der Waals surface area contributed by atoms with Gasteiger partial charge in [0, 0.05) is 73.1 Å². The van der Waals surface area contributed by atoms with Gasteiger partial charge >= 0.3 is 42.0 Å². The molecular weight excluding hydrogens is 1780 g/mol. The Morgan fingerprint density at radius 1 is 0.500 bits per heavy atom. The number of aryl methyl sites for hydroxylation is 3. The minimum atomic E-state index is -0.931. The van der Waals surface area contributed by atoms with Gasteiger partial charge in [0.15, 0.2) is 0 Å². The molecule has 0 spiro atoms. The van der Waals surface area contributed by atoms with Gasteiger partial charge in [0.05, 0.1) is 76.0 Å². The predicted molar refractivity (Wildman–Crippen MR) is 457 cm³/mol. The van der Waals surface area contributed by atoms with Crippen molar-refractivity contribution in [2.75, 3.05) is 48.1 Å². The lowest BCUT2D eigenvalue weighted by molar-refractivity contribution is 0.0245. The van der Waals surface area contributed by atoms with Crippen molar-refractivity contribution in [1.82, 2.24) is 26.2 Å². The van der Waals surface area contributed by atoms with Gasteiger partial charge in [0.2, 0.25) is 0 Å². The van der Waals surface area contributed by atoms with Crippen molar-refractivity contribution < 1.29 is 96.5 Å². The van der Waals surface area contributed by atoms with Crippen LogP contribution in [0.1, 0.15) is 201 Å². The van der Waals surface area contributed by atoms with Crippen LogP contribution in [0.2, 0.25) is 0 Å². The molecule has 13 rings (SSSR count). The smallest absolute Gasteiger partial charge is 0.417 e. The van der Waals surface area contributed by atoms with Gasteiger partial charge in [0.25, 0.3) is 23.6 Å². The number of nitrogens with zero attached hydrogens (tertiary/aromatic N) is 1. The fourth-order valence-corrected chi connectivity index (χ4v) is 14.1. The fraction of sp³-hybridized carbons (Fsp3) is 0.270. The summed E-state index contributed by atoms with van der Waals surface area (Å²) in [5.74, 6) is -3.00. The number of carbonyl (C=O) groups is 11. The second-order valence-electron chi connectivity index (χ2n) is 27.3. The molecule has 7 N–H and O–H groups in total. The largest absolute Gasteiger partial charge is 0.478 e. The summed E-state index contributed by atoms with van der Waals surface area (Å²) < 4.78 is 32.1. The third kappa shape index (κ3) is 26.1.